The molecule has 0 N–H and O–H groups in total. The second kappa shape index (κ2) is 4.06. The SMILES string of the molecule is CS/N=N/c1ccccc1. The minimum absolute atomic E-state index is 0.900. The van der Waals surface area contributed by atoms with E-state index in [-0.39, 0.29) is 0 Å². The molecule has 0 aliphatic rings. The molecule has 52 valence electrons. The standard InChI is InChI=1S/C7H8N2S/c1-10-9-8-7-5-3-2-4-6-7/h2-6H,1H3/b9-8+. The van der Waals surface area contributed by atoms with Crippen LogP contribution in [0.1, 0.15) is 0 Å². The van der Waals surface area contributed by atoms with Crippen LogP contribution in [0.25, 0.3) is 0 Å². The van der Waals surface area contributed by atoms with Gasteiger partial charge in [-0.1, -0.05) is 18.2 Å². The Hall–Kier alpha value is -0.830. The quantitative estimate of drug-likeness (QED) is 0.472. The summed E-state index contributed by atoms with van der Waals surface area (Å²) in [5.74, 6) is 0. The lowest BCUT2D eigenvalue weighted by molar-refractivity contribution is 1.34. The summed E-state index contributed by atoms with van der Waals surface area (Å²) < 4.78 is 3.78. The second-order valence-electron chi connectivity index (χ2n) is 1.70. The molecule has 10 heavy (non-hydrogen) atoms. The summed E-state index contributed by atoms with van der Waals surface area (Å²) in [5, 5.41) is 3.91. The van der Waals surface area contributed by atoms with Crippen LogP contribution in [-0.2, 0) is 0 Å². The lowest BCUT2D eigenvalue weighted by Crippen LogP contribution is -1.58. The second-order valence-corrected chi connectivity index (χ2v) is 2.23. The van der Waals surface area contributed by atoms with Crippen LogP contribution in [-0.4, -0.2) is 6.26 Å². The van der Waals surface area contributed by atoms with Crippen molar-refractivity contribution in [3.8, 4) is 0 Å². The molecule has 0 bridgehead atoms. The fourth-order valence-corrected chi connectivity index (χ4v) is 0.759. The lowest BCUT2D eigenvalue weighted by atomic mass is 10.3. The summed E-state index contributed by atoms with van der Waals surface area (Å²) in [6, 6.07) is 9.67. The number of nitrogens with zero attached hydrogens (tertiary/aromatic N) is 2. The van der Waals surface area contributed by atoms with E-state index in [1.165, 1.54) is 11.9 Å². The third-order valence-corrected chi connectivity index (χ3v) is 1.24. The van der Waals surface area contributed by atoms with Crippen LogP contribution in [0, 0.1) is 0 Å². The fourth-order valence-electron chi connectivity index (χ4n) is 0.583. The van der Waals surface area contributed by atoms with Crippen LogP contribution in [0.5, 0.6) is 0 Å². The first-order chi connectivity index (χ1) is 4.93. The maximum Gasteiger partial charge on any atom is 0.0863 e. The first-order valence-electron chi connectivity index (χ1n) is 2.93. The van der Waals surface area contributed by atoms with Crippen LogP contribution in [0.15, 0.2) is 40.0 Å². The monoisotopic (exact) mass is 152 g/mol. The molecule has 0 aliphatic carbocycles. The molecule has 0 unspecified atom stereocenters. The molecule has 0 saturated carbocycles. The molecule has 3 heteroatoms. The van der Waals surface area contributed by atoms with Crippen LogP contribution in [0.3, 0.4) is 0 Å². The molecule has 0 aromatic heterocycles. The molecule has 0 amide bonds. The van der Waals surface area contributed by atoms with Crippen molar-refractivity contribution >= 4 is 17.6 Å². The number of hydrogen-bond donors (Lipinski definition) is 0. The minimum atomic E-state index is 0.900. The van der Waals surface area contributed by atoms with E-state index in [2.05, 4.69) is 9.63 Å². The van der Waals surface area contributed by atoms with E-state index in [9.17, 15) is 0 Å². The maximum absolute atomic E-state index is 3.91. The predicted octanol–water partition coefficient (Wildman–Crippen LogP) is 3.05. The Labute approximate surface area is 64.5 Å². The van der Waals surface area contributed by atoms with Gasteiger partial charge < -0.3 is 0 Å². The van der Waals surface area contributed by atoms with Gasteiger partial charge in [0.1, 0.15) is 0 Å². The highest BCUT2D eigenvalue weighted by Gasteiger charge is 1.81. The molecular formula is C7H8N2S. The molecule has 0 saturated heterocycles. The van der Waals surface area contributed by atoms with Crippen molar-refractivity contribution in [1.82, 2.24) is 0 Å². The molecular weight excluding hydrogens is 144 g/mol. The zero-order valence-electron chi connectivity index (χ0n) is 5.69. The summed E-state index contributed by atoms with van der Waals surface area (Å²) in [6.07, 6.45) is 1.88. The lowest BCUT2D eigenvalue weighted by Gasteiger charge is -1.86. The molecule has 0 fully saturated rings. The molecule has 1 rings (SSSR count). The van der Waals surface area contributed by atoms with E-state index in [0.717, 1.165) is 5.69 Å². The Kier molecular flexibility index (Phi) is 2.96. The van der Waals surface area contributed by atoms with E-state index >= 15 is 0 Å². The molecule has 0 atom stereocenters. The van der Waals surface area contributed by atoms with Crippen molar-refractivity contribution in [3.63, 3.8) is 0 Å². The highest BCUT2D eigenvalue weighted by Crippen LogP contribution is 2.12. The molecule has 0 heterocycles. The van der Waals surface area contributed by atoms with Crippen LogP contribution < -0.4 is 0 Å². The smallest absolute Gasteiger partial charge is 0.0863 e. The summed E-state index contributed by atoms with van der Waals surface area (Å²) in [7, 11) is 0. The van der Waals surface area contributed by atoms with Gasteiger partial charge in [-0.05, 0) is 24.1 Å². The average molecular weight is 152 g/mol. The highest BCUT2D eigenvalue weighted by molar-refractivity contribution is 7.97. The first kappa shape index (κ1) is 7.28. The van der Waals surface area contributed by atoms with Crippen molar-refractivity contribution in [3.05, 3.63) is 30.3 Å². The van der Waals surface area contributed by atoms with Crippen LogP contribution in [0.4, 0.5) is 5.69 Å². The van der Waals surface area contributed by atoms with Crippen molar-refractivity contribution in [2.24, 2.45) is 9.63 Å². The summed E-state index contributed by atoms with van der Waals surface area (Å²) in [6.45, 7) is 0. The van der Waals surface area contributed by atoms with Gasteiger partial charge >= 0.3 is 0 Å². The molecule has 1 aromatic rings. The predicted molar refractivity (Wildman–Crippen MR) is 44.5 cm³/mol. The van der Waals surface area contributed by atoms with E-state index in [1.807, 2.05) is 36.6 Å². The van der Waals surface area contributed by atoms with Gasteiger partial charge in [0.2, 0.25) is 0 Å². The Morgan fingerprint density at radius 3 is 2.50 bits per heavy atom. The first-order valence-corrected chi connectivity index (χ1v) is 4.11. The maximum atomic E-state index is 3.91. The van der Waals surface area contributed by atoms with Crippen molar-refractivity contribution in [1.29, 1.82) is 0 Å². The molecule has 0 spiro atoms. The van der Waals surface area contributed by atoms with Crippen LogP contribution >= 0.6 is 11.9 Å². The van der Waals surface area contributed by atoms with E-state index in [4.69, 9.17) is 0 Å². The number of rotatable bonds is 2. The van der Waals surface area contributed by atoms with Gasteiger partial charge in [-0.2, -0.15) is 0 Å². The van der Waals surface area contributed by atoms with Crippen molar-refractivity contribution < 1.29 is 0 Å². The third-order valence-electron chi connectivity index (χ3n) is 0.994. The van der Waals surface area contributed by atoms with Gasteiger partial charge in [0.15, 0.2) is 0 Å². The van der Waals surface area contributed by atoms with Gasteiger partial charge in [0.25, 0.3) is 0 Å². The van der Waals surface area contributed by atoms with Gasteiger partial charge in [-0.15, -0.1) is 9.63 Å². The van der Waals surface area contributed by atoms with Gasteiger partial charge in [-0.3, -0.25) is 0 Å². The molecule has 1 aromatic carbocycles. The number of hydrogen-bond acceptors (Lipinski definition) is 3. The summed E-state index contributed by atoms with van der Waals surface area (Å²) in [5.41, 5.74) is 0.900. The third kappa shape index (κ3) is 2.19. The summed E-state index contributed by atoms with van der Waals surface area (Å²) >= 11 is 1.35. The zero-order chi connectivity index (χ0) is 7.23. The highest BCUT2D eigenvalue weighted by atomic mass is 32.2. The largest absolute Gasteiger partial charge is 0.144 e. The van der Waals surface area contributed by atoms with Gasteiger partial charge in [0.05, 0.1) is 5.69 Å². The normalized spacial score (nSPS) is 10.5. The van der Waals surface area contributed by atoms with E-state index in [1.54, 1.807) is 0 Å². The fraction of sp³-hybridized carbons (Fsp3) is 0.143. The topological polar surface area (TPSA) is 24.7 Å². The Morgan fingerprint density at radius 2 is 1.90 bits per heavy atom. The minimum Gasteiger partial charge on any atom is -0.144 e. The zero-order valence-corrected chi connectivity index (χ0v) is 6.51. The Balaban J connectivity index is 2.67. The van der Waals surface area contributed by atoms with Gasteiger partial charge in [-0.25, -0.2) is 0 Å². The van der Waals surface area contributed by atoms with Gasteiger partial charge in [0, 0.05) is 6.26 Å². The van der Waals surface area contributed by atoms with Crippen molar-refractivity contribution in [2.45, 2.75) is 0 Å². The van der Waals surface area contributed by atoms with Crippen LogP contribution in [0.2, 0.25) is 0 Å². The van der Waals surface area contributed by atoms with E-state index < -0.39 is 0 Å². The Morgan fingerprint density at radius 1 is 1.20 bits per heavy atom. The van der Waals surface area contributed by atoms with E-state index in [0.29, 0.717) is 0 Å². The molecule has 0 aliphatic heterocycles. The molecule has 2 nitrogen and oxygen atoms in total. The summed E-state index contributed by atoms with van der Waals surface area (Å²) in [4.78, 5) is 0. The average Bonchev–Trinajstić information content (AvgIpc) is 2.03. The Bertz CT molecular complexity index is 208. The number of benzene rings is 1. The van der Waals surface area contributed by atoms with Crippen molar-refractivity contribution in [2.75, 3.05) is 6.26 Å². The molecule has 0 radical (unpaired) electrons.